The van der Waals surface area contributed by atoms with Crippen molar-refractivity contribution < 1.29 is 14.3 Å². The molecule has 1 aliphatic rings. The van der Waals surface area contributed by atoms with Crippen LogP contribution in [0, 0.1) is 0 Å². The minimum atomic E-state index is -0.980. The molecule has 0 radical (unpaired) electrons. The summed E-state index contributed by atoms with van der Waals surface area (Å²) in [6.07, 6.45) is 3.36. The Kier molecular flexibility index (Phi) is 3.93. The standard InChI is InChI=1S/C21H18N4O3/c26-21(27)13-8-9-14-16(12-13)23-19(25-10-4-1-5-11-25)18(22-14)20-24-15-6-2-3-7-17(15)28-20/h2-3,6-9,12H,1,4-5,10-11H2,(H,26,27). The Morgan fingerprint density at radius 3 is 2.54 bits per heavy atom. The average molecular weight is 374 g/mol. The van der Waals surface area contributed by atoms with Gasteiger partial charge in [-0.05, 0) is 49.6 Å². The lowest BCUT2D eigenvalue weighted by Crippen LogP contribution is -2.31. The van der Waals surface area contributed by atoms with Crippen LogP contribution in [0.15, 0.2) is 46.9 Å². The molecule has 7 nitrogen and oxygen atoms in total. The third kappa shape index (κ3) is 2.85. The highest BCUT2D eigenvalue weighted by molar-refractivity contribution is 5.93. The molecule has 1 fully saturated rings. The predicted molar refractivity (Wildman–Crippen MR) is 106 cm³/mol. The summed E-state index contributed by atoms with van der Waals surface area (Å²) in [5, 5.41) is 9.29. The van der Waals surface area contributed by atoms with Crippen LogP contribution in [0.25, 0.3) is 33.7 Å². The van der Waals surface area contributed by atoms with Crippen molar-refractivity contribution in [2.45, 2.75) is 19.3 Å². The maximum absolute atomic E-state index is 11.3. The largest absolute Gasteiger partial charge is 0.478 e. The monoisotopic (exact) mass is 374 g/mol. The van der Waals surface area contributed by atoms with Crippen LogP contribution in [0.3, 0.4) is 0 Å². The predicted octanol–water partition coefficient (Wildman–Crippen LogP) is 4.13. The molecule has 1 saturated heterocycles. The lowest BCUT2D eigenvalue weighted by Gasteiger charge is -2.28. The lowest BCUT2D eigenvalue weighted by molar-refractivity contribution is 0.0697. The average Bonchev–Trinajstić information content (AvgIpc) is 3.17. The van der Waals surface area contributed by atoms with Crippen molar-refractivity contribution in [3.05, 3.63) is 48.0 Å². The number of fused-ring (bicyclic) bond motifs is 2. The van der Waals surface area contributed by atoms with Gasteiger partial charge in [0.15, 0.2) is 17.1 Å². The number of carbonyl (C=O) groups is 1. The summed E-state index contributed by atoms with van der Waals surface area (Å²) >= 11 is 0. The van der Waals surface area contributed by atoms with Gasteiger partial charge in [0, 0.05) is 13.1 Å². The van der Waals surface area contributed by atoms with Gasteiger partial charge in [-0.3, -0.25) is 0 Å². The van der Waals surface area contributed by atoms with Crippen LogP contribution < -0.4 is 4.90 Å². The van der Waals surface area contributed by atoms with E-state index in [9.17, 15) is 9.90 Å². The van der Waals surface area contributed by atoms with Crippen molar-refractivity contribution in [1.29, 1.82) is 0 Å². The van der Waals surface area contributed by atoms with E-state index >= 15 is 0 Å². The van der Waals surface area contributed by atoms with E-state index in [4.69, 9.17) is 14.4 Å². The molecule has 5 rings (SSSR count). The van der Waals surface area contributed by atoms with Gasteiger partial charge in [-0.25, -0.2) is 19.7 Å². The molecule has 3 heterocycles. The maximum atomic E-state index is 11.3. The molecule has 0 bridgehead atoms. The first-order valence-corrected chi connectivity index (χ1v) is 9.35. The van der Waals surface area contributed by atoms with E-state index in [1.54, 1.807) is 12.1 Å². The zero-order chi connectivity index (χ0) is 19.1. The van der Waals surface area contributed by atoms with Crippen LogP contribution in [0.5, 0.6) is 0 Å². The van der Waals surface area contributed by atoms with Crippen LogP contribution in [0.2, 0.25) is 0 Å². The summed E-state index contributed by atoms with van der Waals surface area (Å²) in [6.45, 7) is 1.76. The summed E-state index contributed by atoms with van der Waals surface area (Å²) < 4.78 is 5.96. The van der Waals surface area contributed by atoms with E-state index in [-0.39, 0.29) is 5.56 Å². The molecule has 1 aliphatic heterocycles. The van der Waals surface area contributed by atoms with Gasteiger partial charge >= 0.3 is 5.97 Å². The van der Waals surface area contributed by atoms with Crippen LogP contribution >= 0.6 is 0 Å². The number of hydrogen-bond acceptors (Lipinski definition) is 6. The zero-order valence-corrected chi connectivity index (χ0v) is 15.1. The van der Waals surface area contributed by atoms with Crippen LogP contribution in [0.4, 0.5) is 5.82 Å². The first-order chi connectivity index (χ1) is 13.7. The van der Waals surface area contributed by atoms with Gasteiger partial charge in [-0.15, -0.1) is 0 Å². The van der Waals surface area contributed by atoms with Crippen molar-refractivity contribution >= 4 is 33.9 Å². The summed E-state index contributed by atoms with van der Waals surface area (Å²) in [7, 11) is 0. The topological polar surface area (TPSA) is 92.3 Å². The quantitative estimate of drug-likeness (QED) is 0.576. The molecule has 7 heteroatoms. The summed E-state index contributed by atoms with van der Waals surface area (Å²) in [4.78, 5) is 27.7. The first-order valence-electron chi connectivity index (χ1n) is 9.35. The highest BCUT2D eigenvalue weighted by Gasteiger charge is 2.23. The third-order valence-electron chi connectivity index (χ3n) is 5.04. The minimum absolute atomic E-state index is 0.195. The Morgan fingerprint density at radius 2 is 1.75 bits per heavy atom. The molecule has 0 amide bonds. The molecule has 0 aliphatic carbocycles. The molecule has 1 N–H and O–H groups in total. The van der Waals surface area contributed by atoms with Crippen molar-refractivity contribution in [3.63, 3.8) is 0 Å². The number of nitrogens with zero attached hydrogens (tertiary/aromatic N) is 4. The number of piperidine rings is 1. The lowest BCUT2D eigenvalue weighted by atomic mass is 10.1. The van der Waals surface area contributed by atoms with Crippen molar-refractivity contribution in [2.24, 2.45) is 0 Å². The number of carboxylic acids is 1. The molecule has 4 aromatic rings. The van der Waals surface area contributed by atoms with Gasteiger partial charge in [-0.1, -0.05) is 12.1 Å². The number of benzene rings is 2. The van der Waals surface area contributed by atoms with Crippen molar-refractivity contribution in [1.82, 2.24) is 15.0 Å². The molecular weight excluding hydrogens is 356 g/mol. The number of carboxylic acid groups (broad SMARTS) is 1. The Hall–Kier alpha value is -3.48. The van der Waals surface area contributed by atoms with Gasteiger partial charge in [0.25, 0.3) is 0 Å². The number of oxazole rings is 1. The molecule has 0 saturated carbocycles. The summed E-state index contributed by atoms with van der Waals surface area (Å²) in [5.74, 6) is 0.144. The van der Waals surface area contributed by atoms with E-state index in [0.717, 1.165) is 31.4 Å². The normalized spacial score (nSPS) is 14.6. The first kappa shape index (κ1) is 16.7. The Labute approximate surface area is 160 Å². The third-order valence-corrected chi connectivity index (χ3v) is 5.04. The number of aromatic nitrogens is 3. The molecule has 140 valence electrons. The minimum Gasteiger partial charge on any atom is -0.478 e. The highest BCUT2D eigenvalue weighted by Crippen LogP contribution is 2.33. The maximum Gasteiger partial charge on any atom is 0.335 e. The van der Waals surface area contributed by atoms with Gasteiger partial charge in [-0.2, -0.15) is 0 Å². The van der Waals surface area contributed by atoms with E-state index in [1.165, 1.54) is 12.5 Å². The molecule has 0 spiro atoms. The fourth-order valence-electron chi connectivity index (χ4n) is 3.62. The molecular formula is C21H18N4O3. The fourth-order valence-corrected chi connectivity index (χ4v) is 3.62. The fraction of sp³-hybridized carbons (Fsp3) is 0.238. The second-order valence-corrected chi connectivity index (χ2v) is 6.94. The Bertz CT molecular complexity index is 1160. The van der Waals surface area contributed by atoms with Gasteiger partial charge in [0.1, 0.15) is 5.52 Å². The van der Waals surface area contributed by atoms with Gasteiger partial charge in [0.2, 0.25) is 5.89 Å². The second-order valence-electron chi connectivity index (χ2n) is 6.94. The van der Waals surface area contributed by atoms with Gasteiger partial charge < -0.3 is 14.4 Å². The summed E-state index contributed by atoms with van der Waals surface area (Å²) in [6, 6.07) is 12.4. The Morgan fingerprint density at radius 1 is 0.929 bits per heavy atom. The van der Waals surface area contributed by atoms with E-state index in [2.05, 4.69) is 9.88 Å². The molecule has 2 aromatic heterocycles. The molecule has 0 atom stereocenters. The highest BCUT2D eigenvalue weighted by atomic mass is 16.4. The number of para-hydroxylation sites is 2. The van der Waals surface area contributed by atoms with E-state index in [1.807, 2.05) is 24.3 Å². The number of rotatable bonds is 3. The molecule has 2 aromatic carbocycles. The van der Waals surface area contributed by atoms with Crippen LogP contribution in [-0.2, 0) is 0 Å². The Balaban J connectivity index is 1.72. The second kappa shape index (κ2) is 6.60. The van der Waals surface area contributed by atoms with Crippen molar-refractivity contribution in [3.8, 4) is 11.6 Å². The number of aromatic carboxylic acids is 1. The van der Waals surface area contributed by atoms with E-state index < -0.39 is 5.97 Å². The smallest absolute Gasteiger partial charge is 0.335 e. The number of hydrogen-bond donors (Lipinski definition) is 1. The summed E-state index contributed by atoms with van der Waals surface area (Å²) in [5.41, 5.74) is 3.42. The van der Waals surface area contributed by atoms with E-state index in [0.29, 0.717) is 34.0 Å². The van der Waals surface area contributed by atoms with Gasteiger partial charge in [0.05, 0.1) is 16.6 Å². The SMILES string of the molecule is O=C(O)c1ccc2nc(-c3nc4ccccc4o3)c(N3CCCCC3)nc2c1. The van der Waals surface area contributed by atoms with Crippen molar-refractivity contribution in [2.75, 3.05) is 18.0 Å². The van der Waals surface area contributed by atoms with Crippen LogP contribution in [-0.4, -0.2) is 39.1 Å². The zero-order valence-electron chi connectivity index (χ0n) is 15.1. The molecule has 0 unspecified atom stereocenters. The van der Waals surface area contributed by atoms with Crippen LogP contribution in [0.1, 0.15) is 29.6 Å². The molecule has 28 heavy (non-hydrogen) atoms. The number of anilines is 1.